The standard InChI is InChI=1S/C27H17N3O5/c31-27(19-7-13-21(14-8-19)34-22-15-9-20(10-16-22)30(32)33)35-23-11-5-18(6-12-23)26-17-28-24-3-1-2-4-25(24)29-26/h1-17H. The number of rotatable bonds is 6. The lowest BCUT2D eigenvalue weighted by molar-refractivity contribution is -0.384. The second-order valence-corrected chi connectivity index (χ2v) is 7.54. The van der Waals surface area contributed by atoms with E-state index in [-0.39, 0.29) is 5.69 Å². The van der Waals surface area contributed by atoms with Crippen molar-refractivity contribution in [3.8, 4) is 28.5 Å². The third-order valence-electron chi connectivity index (χ3n) is 5.18. The lowest BCUT2D eigenvalue weighted by Gasteiger charge is -2.08. The molecule has 170 valence electrons. The van der Waals surface area contributed by atoms with Crippen LogP contribution in [0.3, 0.4) is 0 Å². The molecule has 0 saturated heterocycles. The average molecular weight is 463 g/mol. The van der Waals surface area contributed by atoms with E-state index in [1.807, 2.05) is 36.4 Å². The van der Waals surface area contributed by atoms with E-state index < -0.39 is 10.9 Å². The van der Waals surface area contributed by atoms with Gasteiger partial charge in [0.1, 0.15) is 17.2 Å². The molecule has 0 radical (unpaired) electrons. The minimum absolute atomic E-state index is 0.0198. The Kier molecular flexibility index (Phi) is 5.83. The highest BCUT2D eigenvalue weighted by molar-refractivity contribution is 5.91. The normalized spacial score (nSPS) is 10.6. The van der Waals surface area contributed by atoms with Crippen molar-refractivity contribution >= 4 is 22.7 Å². The fourth-order valence-electron chi connectivity index (χ4n) is 3.39. The van der Waals surface area contributed by atoms with Crippen LogP contribution in [0.5, 0.6) is 17.2 Å². The lowest BCUT2D eigenvalue weighted by Crippen LogP contribution is -2.08. The third kappa shape index (κ3) is 4.96. The van der Waals surface area contributed by atoms with Crippen molar-refractivity contribution in [2.24, 2.45) is 0 Å². The van der Waals surface area contributed by atoms with Crippen LogP contribution in [0.4, 0.5) is 5.69 Å². The Bertz CT molecular complexity index is 1520. The summed E-state index contributed by atoms with van der Waals surface area (Å²) in [5.74, 6) is 0.821. The quantitative estimate of drug-likeness (QED) is 0.127. The van der Waals surface area contributed by atoms with E-state index in [4.69, 9.17) is 9.47 Å². The van der Waals surface area contributed by atoms with Crippen LogP contribution in [0.15, 0.2) is 103 Å². The zero-order valence-corrected chi connectivity index (χ0v) is 18.2. The molecule has 0 fully saturated rings. The van der Waals surface area contributed by atoms with Gasteiger partial charge in [0, 0.05) is 17.7 Å². The van der Waals surface area contributed by atoms with Gasteiger partial charge < -0.3 is 9.47 Å². The number of carbonyl (C=O) groups is 1. The van der Waals surface area contributed by atoms with Crippen LogP contribution < -0.4 is 9.47 Å². The molecular weight excluding hydrogens is 446 g/mol. The fourth-order valence-corrected chi connectivity index (χ4v) is 3.39. The first kappa shape index (κ1) is 21.7. The molecule has 0 aliphatic rings. The number of para-hydroxylation sites is 2. The molecule has 0 atom stereocenters. The second-order valence-electron chi connectivity index (χ2n) is 7.54. The summed E-state index contributed by atoms with van der Waals surface area (Å²) in [6, 6.07) is 26.9. The molecule has 1 aromatic heterocycles. The summed E-state index contributed by atoms with van der Waals surface area (Å²) in [4.78, 5) is 31.9. The number of hydrogen-bond acceptors (Lipinski definition) is 7. The highest BCUT2D eigenvalue weighted by Crippen LogP contribution is 2.25. The first-order chi connectivity index (χ1) is 17.0. The molecule has 1 heterocycles. The third-order valence-corrected chi connectivity index (χ3v) is 5.18. The minimum Gasteiger partial charge on any atom is -0.457 e. The van der Waals surface area contributed by atoms with Crippen LogP contribution in [0, 0.1) is 10.1 Å². The molecule has 0 aliphatic carbocycles. The number of nitrogens with zero attached hydrogens (tertiary/aromatic N) is 3. The van der Waals surface area contributed by atoms with Gasteiger partial charge in [-0.3, -0.25) is 15.1 Å². The highest BCUT2D eigenvalue weighted by Gasteiger charge is 2.11. The SMILES string of the molecule is O=C(Oc1ccc(-c2cnc3ccccc3n2)cc1)c1ccc(Oc2ccc([N+](=O)[O-])cc2)cc1. The summed E-state index contributed by atoms with van der Waals surface area (Å²) in [5, 5.41) is 10.7. The molecule has 5 aromatic rings. The van der Waals surface area contributed by atoms with E-state index >= 15 is 0 Å². The number of nitro benzene ring substituents is 1. The average Bonchev–Trinajstić information content (AvgIpc) is 2.89. The molecule has 0 N–H and O–H groups in total. The van der Waals surface area contributed by atoms with Crippen molar-refractivity contribution < 1.29 is 19.2 Å². The van der Waals surface area contributed by atoms with Gasteiger partial charge in [-0.05, 0) is 72.8 Å². The zero-order chi connectivity index (χ0) is 24.2. The van der Waals surface area contributed by atoms with Gasteiger partial charge in [0.2, 0.25) is 0 Å². The van der Waals surface area contributed by atoms with Gasteiger partial charge in [-0.15, -0.1) is 0 Å². The molecule has 0 aliphatic heterocycles. The molecule has 0 unspecified atom stereocenters. The Morgan fingerprint density at radius 1 is 0.743 bits per heavy atom. The van der Waals surface area contributed by atoms with Gasteiger partial charge in [0.05, 0.1) is 33.4 Å². The molecule has 8 heteroatoms. The summed E-state index contributed by atoms with van der Waals surface area (Å²) >= 11 is 0. The van der Waals surface area contributed by atoms with E-state index in [1.165, 1.54) is 24.3 Å². The first-order valence-corrected chi connectivity index (χ1v) is 10.6. The molecule has 4 aromatic carbocycles. The largest absolute Gasteiger partial charge is 0.457 e. The minimum atomic E-state index is -0.509. The van der Waals surface area contributed by atoms with Crippen LogP contribution in [-0.4, -0.2) is 20.9 Å². The number of esters is 1. The topological polar surface area (TPSA) is 104 Å². The number of aromatic nitrogens is 2. The van der Waals surface area contributed by atoms with Crippen LogP contribution >= 0.6 is 0 Å². The van der Waals surface area contributed by atoms with Crippen molar-refractivity contribution in [1.82, 2.24) is 9.97 Å². The van der Waals surface area contributed by atoms with Crippen molar-refractivity contribution in [3.63, 3.8) is 0 Å². The van der Waals surface area contributed by atoms with Crippen molar-refractivity contribution in [2.75, 3.05) is 0 Å². The Morgan fingerprint density at radius 3 is 2.00 bits per heavy atom. The van der Waals surface area contributed by atoms with Gasteiger partial charge in [0.15, 0.2) is 0 Å². The fraction of sp³-hybridized carbons (Fsp3) is 0. The predicted octanol–water partition coefficient (Wildman–Crippen LogP) is 6.22. The van der Waals surface area contributed by atoms with Crippen LogP contribution in [0.2, 0.25) is 0 Å². The maximum absolute atomic E-state index is 12.5. The molecule has 5 rings (SSSR count). The number of nitro groups is 1. The lowest BCUT2D eigenvalue weighted by atomic mass is 10.1. The molecule has 0 spiro atoms. The number of carbonyl (C=O) groups excluding carboxylic acids is 1. The van der Waals surface area contributed by atoms with Gasteiger partial charge in [-0.1, -0.05) is 12.1 Å². The predicted molar refractivity (Wildman–Crippen MR) is 130 cm³/mol. The zero-order valence-electron chi connectivity index (χ0n) is 18.2. The maximum atomic E-state index is 12.5. The monoisotopic (exact) mass is 463 g/mol. The summed E-state index contributed by atoms with van der Waals surface area (Å²) in [6.07, 6.45) is 1.71. The number of non-ortho nitro benzene ring substituents is 1. The van der Waals surface area contributed by atoms with E-state index in [2.05, 4.69) is 9.97 Å². The molecular formula is C27H17N3O5. The highest BCUT2D eigenvalue weighted by atomic mass is 16.6. The summed E-state index contributed by atoms with van der Waals surface area (Å²) in [7, 11) is 0. The molecule has 0 saturated carbocycles. The Balaban J connectivity index is 1.23. The number of fused-ring (bicyclic) bond motifs is 1. The van der Waals surface area contributed by atoms with Gasteiger partial charge in [0.25, 0.3) is 5.69 Å². The molecule has 0 amide bonds. The van der Waals surface area contributed by atoms with Crippen LogP contribution in [-0.2, 0) is 0 Å². The Morgan fingerprint density at radius 2 is 1.34 bits per heavy atom. The van der Waals surface area contributed by atoms with Gasteiger partial charge in [-0.2, -0.15) is 0 Å². The van der Waals surface area contributed by atoms with Gasteiger partial charge >= 0.3 is 5.97 Å². The van der Waals surface area contributed by atoms with E-state index in [0.29, 0.717) is 22.8 Å². The van der Waals surface area contributed by atoms with Crippen molar-refractivity contribution in [1.29, 1.82) is 0 Å². The molecule has 0 bridgehead atoms. The van der Waals surface area contributed by atoms with Crippen LogP contribution in [0.25, 0.3) is 22.3 Å². The van der Waals surface area contributed by atoms with Crippen molar-refractivity contribution in [2.45, 2.75) is 0 Å². The van der Waals surface area contributed by atoms with E-state index in [9.17, 15) is 14.9 Å². The van der Waals surface area contributed by atoms with Crippen molar-refractivity contribution in [3.05, 3.63) is 119 Å². The summed E-state index contributed by atoms with van der Waals surface area (Å²) < 4.78 is 11.1. The first-order valence-electron chi connectivity index (χ1n) is 10.6. The summed E-state index contributed by atoms with van der Waals surface area (Å²) in [5.41, 5.74) is 3.55. The summed E-state index contributed by atoms with van der Waals surface area (Å²) in [6.45, 7) is 0. The molecule has 8 nitrogen and oxygen atoms in total. The number of ether oxygens (including phenoxy) is 2. The van der Waals surface area contributed by atoms with E-state index in [0.717, 1.165) is 22.3 Å². The second kappa shape index (κ2) is 9.40. The van der Waals surface area contributed by atoms with E-state index in [1.54, 1.807) is 42.6 Å². The van der Waals surface area contributed by atoms with Crippen LogP contribution in [0.1, 0.15) is 10.4 Å². The molecule has 35 heavy (non-hydrogen) atoms. The maximum Gasteiger partial charge on any atom is 0.343 e. The number of benzene rings is 4. The Labute approximate surface area is 199 Å². The Hall–Kier alpha value is -5.11. The van der Waals surface area contributed by atoms with Gasteiger partial charge in [-0.25, -0.2) is 9.78 Å². The smallest absolute Gasteiger partial charge is 0.343 e. The number of hydrogen-bond donors (Lipinski definition) is 0.